The van der Waals surface area contributed by atoms with E-state index < -0.39 is 10.0 Å². The molecule has 0 atom stereocenters. The fourth-order valence-electron chi connectivity index (χ4n) is 2.71. The predicted octanol–water partition coefficient (Wildman–Crippen LogP) is 3.08. The van der Waals surface area contributed by atoms with Gasteiger partial charge in [0.25, 0.3) is 0 Å². The molecule has 0 fully saturated rings. The van der Waals surface area contributed by atoms with Crippen molar-refractivity contribution in [3.63, 3.8) is 0 Å². The molecule has 0 unspecified atom stereocenters. The molecule has 0 saturated heterocycles. The first-order valence-corrected chi connectivity index (χ1v) is 9.72. The molecule has 3 aromatic rings. The fourth-order valence-corrected chi connectivity index (χ4v) is 4.07. The molecule has 8 heteroatoms. The lowest BCUT2D eigenvalue weighted by Crippen LogP contribution is -2.27. The summed E-state index contributed by atoms with van der Waals surface area (Å²) in [5.41, 5.74) is 3.11. The summed E-state index contributed by atoms with van der Waals surface area (Å²) in [4.78, 5) is 4.59. The molecule has 138 valence electrons. The predicted molar refractivity (Wildman–Crippen MR) is 96.3 cm³/mol. The van der Waals surface area contributed by atoms with Crippen LogP contribution in [0, 0.1) is 27.7 Å². The Labute approximate surface area is 152 Å². The van der Waals surface area contributed by atoms with Crippen molar-refractivity contribution in [2.45, 2.75) is 39.0 Å². The van der Waals surface area contributed by atoms with Crippen LogP contribution in [0.3, 0.4) is 0 Å². The highest BCUT2D eigenvalue weighted by Crippen LogP contribution is 2.23. The van der Waals surface area contributed by atoms with E-state index >= 15 is 0 Å². The average Bonchev–Trinajstić information content (AvgIpc) is 3.11. The van der Waals surface area contributed by atoms with Gasteiger partial charge in [-0.1, -0.05) is 22.9 Å². The van der Waals surface area contributed by atoms with E-state index in [9.17, 15) is 8.42 Å². The lowest BCUT2D eigenvalue weighted by atomic mass is 10.1. The van der Waals surface area contributed by atoms with Gasteiger partial charge in [0.15, 0.2) is 5.76 Å². The van der Waals surface area contributed by atoms with E-state index in [0.717, 1.165) is 16.8 Å². The van der Waals surface area contributed by atoms with Crippen molar-refractivity contribution in [2.75, 3.05) is 6.54 Å². The third-order valence-electron chi connectivity index (χ3n) is 4.08. The lowest BCUT2D eigenvalue weighted by Gasteiger charge is -2.05. The highest BCUT2D eigenvalue weighted by Gasteiger charge is 2.24. The van der Waals surface area contributed by atoms with Crippen molar-refractivity contribution in [1.82, 2.24) is 14.9 Å². The summed E-state index contributed by atoms with van der Waals surface area (Å²) in [7, 11) is -3.68. The summed E-state index contributed by atoms with van der Waals surface area (Å²) in [6.45, 7) is 7.21. The van der Waals surface area contributed by atoms with Gasteiger partial charge in [-0.25, -0.2) is 18.1 Å². The van der Waals surface area contributed by atoms with Gasteiger partial charge >= 0.3 is 0 Å². The van der Waals surface area contributed by atoms with Crippen molar-refractivity contribution in [2.24, 2.45) is 0 Å². The molecule has 26 heavy (non-hydrogen) atoms. The van der Waals surface area contributed by atoms with Gasteiger partial charge in [-0.15, -0.1) is 0 Å². The quantitative estimate of drug-likeness (QED) is 0.711. The Morgan fingerprint density at radius 1 is 1.04 bits per heavy atom. The highest BCUT2D eigenvalue weighted by atomic mass is 32.2. The highest BCUT2D eigenvalue weighted by molar-refractivity contribution is 7.89. The molecule has 2 aromatic heterocycles. The van der Waals surface area contributed by atoms with Crippen LogP contribution < -0.4 is 4.72 Å². The van der Waals surface area contributed by atoms with Crippen LogP contribution in [0.2, 0.25) is 0 Å². The van der Waals surface area contributed by atoms with Crippen LogP contribution >= 0.6 is 0 Å². The molecule has 1 aromatic carbocycles. The molecule has 2 heterocycles. The third-order valence-corrected chi connectivity index (χ3v) is 5.79. The number of rotatable bonds is 6. The zero-order chi connectivity index (χ0) is 18.9. The largest absolute Gasteiger partial charge is 0.441 e. The first-order valence-electron chi connectivity index (χ1n) is 8.24. The first-order chi connectivity index (χ1) is 12.3. The summed E-state index contributed by atoms with van der Waals surface area (Å²) in [5.74, 6) is 1.48. The molecular formula is C18H21N3O4S. The number of hydrogen-bond acceptors (Lipinski definition) is 6. The van der Waals surface area contributed by atoms with Crippen LogP contribution in [-0.4, -0.2) is 25.1 Å². The Morgan fingerprint density at radius 2 is 1.73 bits per heavy atom. The SMILES string of the molecule is Cc1ccc(-c2nc(CCNS(=O)(=O)c3c(C)noc3C)c(C)o2)cc1. The van der Waals surface area contributed by atoms with Crippen molar-refractivity contribution in [3.8, 4) is 11.5 Å². The van der Waals surface area contributed by atoms with Crippen molar-refractivity contribution in [3.05, 3.63) is 52.7 Å². The molecule has 1 N–H and O–H groups in total. The monoisotopic (exact) mass is 375 g/mol. The minimum Gasteiger partial charge on any atom is -0.441 e. The van der Waals surface area contributed by atoms with E-state index in [1.807, 2.05) is 38.1 Å². The summed E-state index contributed by atoms with van der Waals surface area (Å²) >= 11 is 0. The number of hydrogen-bond donors (Lipinski definition) is 1. The van der Waals surface area contributed by atoms with E-state index in [4.69, 9.17) is 8.94 Å². The Bertz CT molecular complexity index is 998. The maximum atomic E-state index is 12.4. The summed E-state index contributed by atoms with van der Waals surface area (Å²) in [6.07, 6.45) is 0.420. The second-order valence-electron chi connectivity index (χ2n) is 6.19. The normalized spacial score (nSPS) is 11.8. The van der Waals surface area contributed by atoms with Gasteiger partial charge < -0.3 is 8.94 Å². The smallest absolute Gasteiger partial charge is 0.245 e. The molecule has 0 bridgehead atoms. The van der Waals surface area contributed by atoms with E-state index in [1.54, 1.807) is 13.8 Å². The van der Waals surface area contributed by atoms with Crippen LogP contribution in [0.25, 0.3) is 11.5 Å². The zero-order valence-electron chi connectivity index (χ0n) is 15.2. The molecule has 0 radical (unpaired) electrons. The number of benzene rings is 1. The van der Waals surface area contributed by atoms with Gasteiger partial charge in [-0.2, -0.15) is 0 Å². The van der Waals surface area contributed by atoms with E-state index in [2.05, 4.69) is 14.9 Å². The van der Waals surface area contributed by atoms with Crippen molar-refractivity contribution < 1.29 is 17.4 Å². The molecular weight excluding hydrogens is 354 g/mol. The fraction of sp³-hybridized carbons (Fsp3) is 0.333. The standard InChI is InChI=1S/C18H21N3O4S/c1-11-5-7-15(8-6-11)18-20-16(13(3)24-18)9-10-19-26(22,23)17-12(2)21-25-14(17)4/h5-8,19H,9-10H2,1-4H3. The maximum absolute atomic E-state index is 12.4. The maximum Gasteiger partial charge on any atom is 0.245 e. The van der Waals surface area contributed by atoms with Gasteiger partial charge in [0, 0.05) is 18.5 Å². The van der Waals surface area contributed by atoms with Gasteiger partial charge in [-0.3, -0.25) is 0 Å². The van der Waals surface area contributed by atoms with Crippen LogP contribution in [0.4, 0.5) is 0 Å². The molecule has 0 aliphatic rings. The van der Waals surface area contributed by atoms with Gasteiger partial charge in [0.1, 0.15) is 16.3 Å². The lowest BCUT2D eigenvalue weighted by molar-refractivity contribution is 0.390. The summed E-state index contributed by atoms with van der Waals surface area (Å²) in [5, 5.41) is 3.68. The number of nitrogens with one attached hydrogen (secondary N) is 1. The first kappa shape index (κ1) is 18.3. The number of aromatic nitrogens is 2. The van der Waals surface area contributed by atoms with E-state index in [1.165, 1.54) is 0 Å². The van der Waals surface area contributed by atoms with Crippen molar-refractivity contribution in [1.29, 1.82) is 0 Å². The molecule has 0 aliphatic carbocycles. The Morgan fingerprint density at radius 3 is 2.35 bits per heavy atom. The summed E-state index contributed by atoms with van der Waals surface area (Å²) in [6, 6.07) is 7.88. The van der Waals surface area contributed by atoms with Gasteiger partial charge in [0.05, 0.1) is 5.69 Å². The molecule has 0 spiro atoms. The average molecular weight is 375 g/mol. The van der Waals surface area contributed by atoms with Crippen LogP contribution in [0.5, 0.6) is 0 Å². The summed E-state index contributed by atoms with van der Waals surface area (Å²) < 4.78 is 38.0. The van der Waals surface area contributed by atoms with E-state index in [0.29, 0.717) is 23.8 Å². The topological polar surface area (TPSA) is 98.2 Å². The number of sulfonamides is 1. The number of aryl methyl sites for hydroxylation is 4. The van der Waals surface area contributed by atoms with Gasteiger partial charge in [0.2, 0.25) is 15.9 Å². The second kappa shape index (κ2) is 7.05. The second-order valence-corrected chi connectivity index (χ2v) is 7.89. The Kier molecular flexibility index (Phi) is 4.97. The molecule has 0 saturated carbocycles. The van der Waals surface area contributed by atoms with Gasteiger partial charge in [-0.05, 0) is 39.8 Å². The molecule has 0 aliphatic heterocycles. The zero-order valence-corrected chi connectivity index (χ0v) is 16.0. The molecule has 3 rings (SSSR count). The minimum atomic E-state index is -3.68. The molecule has 0 amide bonds. The van der Waals surface area contributed by atoms with E-state index in [-0.39, 0.29) is 17.2 Å². The molecule has 7 nitrogen and oxygen atoms in total. The third kappa shape index (κ3) is 3.71. The Balaban J connectivity index is 1.70. The Hall–Kier alpha value is -2.45. The van der Waals surface area contributed by atoms with Crippen molar-refractivity contribution >= 4 is 10.0 Å². The number of oxazole rings is 1. The van der Waals surface area contributed by atoms with Crippen LogP contribution in [0.15, 0.2) is 38.1 Å². The minimum absolute atomic E-state index is 0.0923. The van der Waals surface area contributed by atoms with Crippen LogP contribution in [-0.2, 0) is 16.4 Å². The van der Waals surface area contributed by atoms with Crippen LogP contribution in [0.1, 0.15) is 28.5 Å². The number of nitrogens with zero attached hydrogens (tertiary/aromatic N) is 2.